The molecule has 14 heavy (non-hydrogen) atoms. The predicted octanol–water partition coefficient (Wildman–Crippen LogP) is 1.03. The van der Waals surface area contributed by atoms with Crippen molar-refractivity contribution in [1.29, 1.82) is 0 Å². The molecule has 0 spiro atoms. The van der Waals surface area contributed by atoms with Gasteiger partial charge in [0.1, 0.15) is 0 Å². The minimum Gasteiger partial charge on any atom is -0.381 e. The van der Waals surface area contributed by atoms with Crippen molar-refractivity contribution in [3.8, 4) is 0 Å². The van der Waals surface area contributed by atoms with Gasteiger partial charge in [-0.1, -0.05) is 6.58 Å². The van der Waals surface area contributed by atoms with Crippen LogP contribution in [0.4, 0.5) is 0 Å². The maximum Gasteiger partial charge on any atom is 0.0940 e. The number of hydrogen-bond acceptors (Lipinski definition) is 3. The molecule has 0 unspecified atom stereocenters. The lowest BCUT2D eigenvalue weighted by Gasteiger charge is -2.24. The van der Waals surface area contributed by atoms with Crippen molar-refractivity contribution in [2.75, 3.05) is 26.3 Å². The zero-order chi connectivity index (χ0) is 10.1. The largest absolute Gasteiger partial charge is 0.381 e. The Morgan fingerprint density at radius 1 is 1.36 bits per heavy atom. The number of fused-ring (bicyclic) bond motifs is 1. The summed E-state index contributed by atoms with van der Waals surface area (Å²) in [5.41, 5.74) is 0. The number of likely N-dealkylation sites (tertiary alicyclic amines) is 1. The van der Waals surface area contributed by atoms with E-state index in [2.05, 4.69) is 30.6 Å². The highest BCUT2D eigenvalue weighted by Crippen LogP contribution is 2.30. The molecule has 0 amide bonds. The van der Waals surface area contributed by atoms with Crippen LogP contribution >= 0.6 is 0 Å². The minimum atomic E-state index is 0.471. The van der Waals surface area contributed by atoms with Crippen LogP contribution in [0.3, 0.4) is 0 Å². The Kier molecular flexibility index (Phi) is 2.68. The standard InChI is InChI=1S/C11H20N2O/c1-8(2)12-9(3)13-4-10-6-14-7-11(10)5-13/h8,10-12H,3-7H2,1-2H3/t10-,11+. The molecule has 3 nitrogen and oxygen atoms in total. The molecule has 2 aliphatic heterocycles. The van der Waals surface area contributed by atoms with Gasteiger partial charge in [-0.3, -0.25) is 0 Å². The predicted molar refractivity (Wildman–Crippen MR) is 56.8 cm³/mol. The molecular weight excluding hydrogens is 176 g/mol. The van der Waals surface area contributed by atoms with Gasteiger partial charge in [0.15, 0.2) is 0 Å². The Morgan fingerprint density at radius 2 is 1.93 bits per heavy atom. The lowest BCUT2D eigenvalue weighted by Crippen LogP contribution is -2.34. The molecule has 2 atom stereocenters. The minimum absolute atomic E-state index is 0.471. The molecule has 0 aliphatic carbocycles. The summed E-state index contributed by atoms with van der Waals surface area (Å²) >= 11 is 0. The van der Waals surface area contributed by atoms with E-state index in [-0.39, 0.29) is 0 Å². The molecule has 3 heteroatoms. The summed E-state index contributed by atoms with van der Waals surface area (Å²) in [4.78, 5) is 2.36. The van der Waals surface area contributed by atoms with Gasteiger partial charge >= 0.3 is 0 Å². The Morgan fingerprint density at radius 3 is 2.43 bits per heavy atom. The average molecular weight is 196 g/mol. The van der Waals surface area contributed by atoms with Crippen molar-refractivity contribution in [2.45, 2.75) is 19.9 Å². The SMILES string of the molecule is C=C(NC(C)C)N1C[C@H]2COC[C@H]2C1. The van der Waals surface area contributed by atoms with E-state index >= 15 is 0 Å². The first-order valence-corrected chi connectivity index (χ1v) is 5.45. The molecule has 2 saturated heterocycles. The number of nitrogens with zero attached hydrogens (tertiary/aromatic N) is 1. The third-order valence-electron chi connectivity index (χ3n) is 3.08. The van der Waals surface area contributed by atoms with Crippen molar-refractivity contribution in [3.63, 3.8) is 0 Å². The summed E-state index contributed by atoms with van der Waals surface area (Å²) in [6, 6.07) is 0.471. The molecule has 2 rings (SSSR count). The molecule has 0 aromatic rings. The molecule has 0 saturated carbocycles. The van der Waals surface area contributed by atoms with Crippen molar-refractivity contribution >= 4 is 0 Å². The van der Waals surface area contributed by atoms with E-state index in [9.17, 15) is 0 Å². The van der Waals surface area contributed by atoms with Crippen LogP contribution in [-0.4, -0.2) is 37.2 Å². The summed E-state index contributed by atoms with van der Waals surface area (Å²) in [5.74, 6) is 2.55. The first-order valence-electron chi connectivity index (χ1n) is 5.45. The van der Waals surface area contributed by atoms with Gasteiger partial charge < -0.3 is 15.0 Å². The van der Waals surface area contributed by atoms with E-state index in [1.165, 1.54) is 0 Å². The lowest BCUT2D eigenvalue weighted by molar-refractivity contribution is 0.160. The second-order valence-corrected chi connectivity index (χ2v) is 4.71. The smallest absolute Gasteiger partial charge is 0.0940 e. The topological polar surface area (TPSA) is 24.5 Å². The highest BCUT2D eigenvalue weighted by molar-refractivity contribution is 5.00. The zero-order valence-electron chi connectivity index (χ0n) is 9.12. The van der Waals surface area contributed by atoms with Crippen molar-refractivity contribution in [1.82, 2.24) is 10.2 Å². The normalized spacial score (nSPS) is 30.9. The fourth-order valence-corrected chi connectivity index (χ4v) is 2.33. The van der Waals surface area contributed by atoms with E-state index in [0.717, 1.165) is 44.0 Å². The second-order valence-electron chi connectivity index (χ2n) is 4.71. The summed E-state index contributed by atoms with van der Waals surface area (Å²) in [5, 5.41) is 3.36. The van der Waals surface area contributed by atoms with Crippen LogP contribution in [0.2, 0.25) is 0 Å². The highest BCUT2D eigenvalue weighted by Gasteiger charge is 2.37. The Balaban J connectivity index is 1.86. The fraction of sp³-hybridized carbons (Fsp3) is 0.818. The third kappa shape index (κ3) is 1.87. The molecule has 0 radical (unpaired) electrons. The second kappa shape index (κ2) is 3.81. The van der Waals surface area contributed by atoms with Gasteiger partial charge in [0, 0.05) is 31.0 Å². The van der Waals surface area contributed by atoms with Gasteiger partial charge in [-0.05, 0) is 13.8 Å². The van der Waals surface area contributed by atoms with Gasteiger partial charge in [0.2, 0.25) is 0 Å². The molecule has 2 heterocycles. The van der Waals surface area contributed by atoms with Crippen LogP contribution in [0.1, 0.15) is 13.8 Å². The fourth-order valence-electron chi connectivity index (χ4n) is 2.33. The Labute approximate surface area is 86.1 Å². The molecule has 2 aliphatic rings. The summed E-state index contributed by atoms with van der Waals surface area (Å²) in [6.45, 7) is 12.5. The number of rotatable bonds is 3. The first kappa shape index (κ1) is 9.84. The van der Waals surface area contributed by atoms with Crippen LogP contribution in [-0.2, 0) is 4.74 Å². The number of ether oxygens (including phenoxy) is 1. The van der Waals surface area contributed by atoms with Gasteiger partial charge in [0.05, 0.1) is 19.0 Å². The maximum absolute atomic E-state index is 5.44. The van der Waals surface area contributed by atoms with Crippen LogP contribution < -0.4 is 5.32 Å². The van der Waals surface area contributed by atoms with Crippen LogP contribution in [0.5, 0.6) is 0 Å². The quantitative estimate of drug-likeness (QED) is 0.730. The average Bonchev–Trinajstić information content (AvgIpc) is 2.58. The molecule has 1 N–H and O–H groups in total. The molecule has 80 valence electrons. The van der Waals surface area contributed by atoms with Crippen LogP contribution in [0, 0.1) is 11.8 Å². The molecule has 0 aromatic carbocycles. The highest BCUT2D eigenvalue weighted by atomic mass is 16.5. The van der Waals surface area contributed by atoms with Crippen molar-refractivity contribution in [3.05, 3.63) is 12.4 Å². The Hall–Kier alpha value is -0.700. The summed E-state index contributed by atoms with van der Waals surface area (Å²) in [7, 11) is 0. The van der Waals surface area contributed by atoms with E-state index in [4.69, 9.17) is 4.74 Å². The van der Waals surface area contributed by atoms with Crippen molar-refractivity contribution < 1.29 is 4.74 Å². The third-order valence-corrected chi connectivity index (χ3v) is 3.08. The van der Waals surface area contributed by atoms with E-state index in [1.54, 1.807) is 0 Å². The van der Waals surface area contributed by atoms with E-state index in [0.29, 0.717) is 6.04 Å². The Bertz CT molecular complexity index is 215. The van der Waals surface area contributed by atoms with E-state index in [1.807, 2.05) is 0 Å². The summed E-state index contributed by atoms with van der Waals surface area (Å²) in [6.07, 6.45) is 0. The first-order chi connectivity index (χ1) is 6.66. The maximum atomic E-state index is 5.44. The van der Waals surface area contributed by atoms with Gasteiger partial charge in [-0.2, -0.15) is 0 Å². The van der Waals surface area contributed by atoms with Gasteiger partial charge in [0.25, 0.3) is 0 Å². The van der Waals surface area contributed by atoms with Gasteiger partial charge in [-0.15, -0.1) is 0 Å². The monoisotopic (exact) mass is 196 g/mol. The van der Waals surface area contributed by atoms with Gasteiger partial charge in [-0.25, -0.2) is 0 Å². The van der Waals surface area contributed by atoms with Crippen LogP contribution in [0.15, 0.2) is 12.4 Å². The zero-order valence-corrected chi connectivity index (χ0v) is 9.12. The number of hydrogen-bond donors (Lipinski definition) is 1. The van der Waals surface area contributed by atoms with E-state index < -0.39 is 0 Å². The molecular formula is C11H20N2O. The molecule has 0 aromatic heterocycles. The van der Waals surface area contributed by atoms with Crippen LogP contribution in [0.25, 0.3) is 0 Å². The molecule has 2 fully saturated rings. The summed E-state index contributed by atoms with van der Waals surface area (Å²) < 4.78 is 5.44. The number of nitrogens with one attached hydrogen (secondary N) is 1. The lowest BCUT2D eigenvalue weighted by atomic mass is 10.0. The molecule has 0 bridgehead atoms. The van der Waals surface area contributed by atoms with Crippen molar-refractivity contribution in [2.24, 2.45) is 11.8 Å².